The van der Waals surface area contributed by atoms with E-state index in [0.29, 0.717) is 0 Å². The van der Waals surface area contributed by atoms with Gasteiger partial charge in [0.15, 0.2) is 0 Å². The molecule has 3 heteroatoms. The minimum atomic E-state index is -4.30. The number of rotatable bonds is 1. The first-order chi connectivity index (χ1) is 13.5. The van der Waals surface area contributed by atoms with Crippen molar-refractivity contribution in [1.82, 2.24) is 0 Å². The van der Waals surface area contributed by atoms with Crippen molar-refractivity contribution in [3.05, 3.63) is 95.1 Å². The van der Waals surface area contributed by atoms with Gasteiger partial charge in [-0.15, -0.1) is 0 Å². The summed E-state index contributed by atoms with van der Waals surface area (Å²) in [6, 6.07) is 22.8. The average Bonchev–Trinajstić information content (AvgIpc) is 2.72. The first-order valence-corrected chi connectivity index (χ1v) is 9.63. The monoisotopic (exact) mass is 376 g/mol. The summed E-state index contributed by atoms with van der Waals surface area (Å²) in [5, 5.41) is 4.87. The highest BCUT2D eigenvalue weighted by molar-refractivity contribution is 6.09. The molecule has 140 valence electrons. The lowest BCUT2D eigenvalue weighted by molar-refractivity contribution is -0.137. The first-order valence-electron chi connectivity index (χ1n) is 9.63. The van der Waals surface area contributed by atoms with Gasteiger partial charge in [0.25, 0.3) is 0 Å². The zero-order valence-corrected chi connectivity index (χ0v) is 15.3. The van der Waals surface area contributed by atoms with Crippen molar-refractivity contribution >= 4 is 21.5 Å². The normalized spacial score (nSPS) is 17.0. The average molecular weight is 376 g/mol. The SMILES string of the molecule is FC(F)(F)c1ccc(C2CCCc3ccc4c(ccc5ccccc54)c32)cc1. The Morgan fingerprint density at radius 2 is 1.46 bits per heavy atom. The largest absolute Gasteiger partial charge is 0.416 e. The molecule has 0 spiro atoms. The number of hydrogen-bond acceptors (Lipinski definition) is 0. The molecule has 28 heavy (non-hydrogen) atoms. The molecule has 0 bridgehead atoms. The van der Waals surface area contributed by atoms with Gasteiger partial charge in [-0.3, -0.25) is 0 Å². The molecular formula is C25H19F3. The van der Waals surface area contributed by atoms with Crippen LogP contribution in [0.4, 0.5) is 13.2 Å². The highest BCUT2D eigenvalue weighted by Gasteiger charge is 2.31. The molecule has 0 fully saturated rings. The highest BCUT2D eigenvalue weighted by atomic mass is 19.4. The smallest absolute Gasteiger partial charge is 0.166 e. The Balaban J connectivity index is 1.70. The third kappa shape index (κ3) is 2.77. The molecule has 0 nitrogen and oxygen atoms in total. The van der Waals surface area contributed by atoms with Crippen LogP contribution >= 0.6 is 0 Å². The molecule has 4 aromatic carbocycles. The Morgan fingerprint density at radius 3 is 2.25 bits per heavy atom. The number of halogens is 3. The van der Waals surface area contributed by atoms with Crippen LogP contribution in [-0.2, 0) is 12.6 Å². The Labute approximate surface area is 161 Å². The van der Waals surface area contributed by atoms with Crippen molar-refractivity contribution in [1.29, 1.82) is 0 Å². The maximum absolute atomic E-state index is 13.0. The van der Waals surface area contributed by atoms with E-state index in [9.17, 15) is 13.2 Å². The van der Waals surface area contributed by atoms with Crippen LogP contribution in [-0.4, -0.2) is 0 Å². The minimum absolute atomic E-state index is 0.135. The van der Waals surface area contributed by atoms with E-state index in [2.05, 4.69) is 42.5 Å². The zero-order valence-electron chi connectivity index (χ0n) is 15.3. The van der Waals surface area contributed by atoms with Crippen LogP contribution in [0.5, 0.6) is 0 Å². The van der Waals surface area contributed by atoms with Crippen molar-refractivity contribution in [2.75, 3.05) is 0 Å². The van der Waals surface area contributed by atoms with Gasteiger partial charge < -0.3 is 0 Å². The van der Waals surface area contributed by atoms with Gasteiger partial charge in [0.2, 0.25) is 0 Å². The van der Waals surface area contributed by atoms with Gasteiger partial charge in [-0.05, 0) is 69.6 Å². The number of benzene rings is 4. The Hall–Kier alpha value is -2.81. The topological polar surface area (TPSA) is 0 Å². The van der Waals surface area contributed by atoms with E-state index in [-0.39, 0.29) is 5.92 Å². The van der Waals surface area contributed by atoms with Gasteiger partial charge in [-0.25, -0.2) is 0 Å². The van der Waals surface area contributed by atoms with Crippen molar-refractivity contribution in [3.8, 4) is 0 Å². The molecule has 0 saturated carbocycles. The summed E-state index contributed by atoms with van der Waals surface area (Å²) in [5.74, 6) is 0.135. The van der Waals surface area contributed by atoms with Gasteiger partial charge in [0.05, 0.1) is 5.56 Å². The van der Waals surface area contributed by atoms with Crippen LogP contribution in [0.3, 0.4) is 0 Å². The molecule has 0 aliphatic heterocycles. The fraction of sp³-hybridized carbons (Fsp3) is 0.200. The van der Waals surface area contributed by atoms with E-state index in [0.717, 1.165) is 24.8 Å². The molecule has 0 amide bonds. The summed E-state index contributed by atoms with van der Waals surface area (Å²) in [7, 11) is 0. The lowest BCUT2D eigenvalue weighted by atomic mass is 9.76. The molecule has 1 atom stereocenters. The molecule has 1 aliphatic rings. The van der Waals surface area contributed by atoms with E-state index in [4.69, 9.17) is 0 Å². The molecule has 0 radical (unpaired) electrons. The summed E-state index contributed by atoms with van der Waals surface area (Å²) < 4.78 is 38.9. The third-order valence-corrected chi connectivity index (χ3v) is 5.99. The van der Waals surface area contributed by atoms with E-state index >= 15 is 0 Å². The zero-order chi connectivity index (χ0) is 19.3. The summed E-state index contributed by atoms with van der Waals surface area (Å²) in [4.78, 5) is 0. The van der Waals surface area contributed by atoms with E-state index in [1.165, 1.54) is 44.8 Å². The molecule has 0 saturated heterocycles. The lowest BCUT2D eigenvalue weighted by Crippen LogP contribution is -2.12. The Kier molecular flexibility index (Phi) is 3.94. The molecule has 0 heterocycles. The standard InChI is InChI=1S/C25H19F3/c26-25(27,28)19-12-8-17(9-13-19)21-7-3-5-18-11-14-22-20-6-2-1-4-16(20)10-15-23(22)24(18)21/h1-2,4,6,8-15,21H,3,5,7H2. The second-order valence-electron chi connectivity index (χ2n) is 7.58. The van der Waals surface area contributed by atoms with Gasteiger partial charge in [0.1, 0.15) is 0 Å². The fourth-order valence-corrected chi connectivity index (χ4v) is 4.66. The van der Waals surface area contributed by atoms with Gasteiger partial charge in [-0.1, -0.05) is 60.7 Å². The van der Waals surface area contributed by atoms with Crippen LogP contribution < -0.4 is 0 Å². The second kappa shape index (κ2) is 6.37. The summed E-state index contributed by atoms with van der Waals surface area (Å²) in [6.07, 6.45) is -1.26. The van der Waals surface area contributed by atoms with E-state index in [1.54, 1.807) is 12.1 Å². The van der Waals surface area contributed by atoms with Crippen LogP contribution in [0.1, 0.15) is 41.0 Å². The summed E-state index contributed by atoms with van der Waals surface area (Å²) >= 11 is 0. The van der Waals surface area contributed by atoms with Crippen molar-refractivity contribution in [3.63, 3.8) is 0 Å². The molecule has 4 aromatic rings. The van der Waals surface area contributed by atoms with Gasteiger partial charge in [0, 0.05) is 5.92 Å². The molecule has 5 rings (SSSR count). The number of alkyl halides is 3. The van der Waals surface area contributed by atoms with Crippen LogP contribution in [0.15, 0.2) is 72.8 Å². The molecule has 1 aliphatic carbocycles. The van der Waals surface area contributed by atoms with Crippen molar-refractivity contribution < 1.29 is 13.2 Å². The lowest BCUT2D eigenvalue weighted by Gasteiger charge is -2.28. The summed E-state index contributed by atoms with van der Waals surface area (Å²) in [5.41, 5.74) is 2.99. The number of hydrogen-bond donors (Lipinski definition) is 0. The van der Waals surface area contributed by atoms with Gasteiger partial charge in [-0.2, -0.15) is 13.2 Å². The maximum Gasteiger partial charge on any atom is 0.416 e. The predicted molar refractivity (Wildman–Crippen MR) is 108 cm³/mol. The Bertz CT molecular complexity index is 1170. The molecular weight excluding hydrogens is 357 g/mol. The molecule has 0 N–H and O–H groups in total. The quantitative estimate of drug-likeness (QED) is 0.302. The number of fused-ring (bicyclic) bond motifs is 5. The molecule has 1 unspecified atom stereocenters. The fourth-order valence-electron chi connectivity index (χ4n) is 4.66. The van der Waals surface area contributed by atoms with Crippen molar-refractivity contribution in [2.24, 2.45) is 0 Å². The summed E-state index contributed by atoms with van der Waals surface area (Å²) in [6.45, 7) is 0. The first kappa shape index (κ1) is 17.3. The van der Waals surface area contributed by atoms with E-state index < -0.39 is 11.7 Å². The van der Waals surface area contributed by atoms with Gasteiger partial charge >= 0.3 is 6.18 Å². The predicted octanol–water partition coefficient (Wildman–Crippen LogP) is 7.48. The maximum atomic E-state index is 13.0. The third-order valence-electron chi connectivity index (χ3n) is 5.99. The van der Waals surface area contributed by atoms with Crippen LogP contribution in [0.25, 0.3) is 21.5 Å². The second-order valence-corrected chi connectivity index (χ2v) is 7.58. The van der Waals surface area contributed by atoms with E-state index in [1.807, 2.05) is 6.07 Å². The highest BCUT2D eigenvalue weighted by Crippen LogP contribution is 2.42. The van der Waals surface area contributed by atoms with Crippen LogP contribution in [0, 0.1) is 0 Å². The van der Waals surface area contributed by atoms with Crippen molar-refractivity contribution in [2.45, 2.75) is 31.4 Å². The molecule has 0 aromatic heterocycles. The Morgan fingerprint density at radius 1 is 0.714 bits per heavy atom. The number of aryl methyl sites for hydroxylation is 1. The van der Waals surface area contributed by atoms with Crippen LogP contribution in [0.2, 0.25) is 0 Å². The minimum Gasteiger partial charge on any atom is -0.166 e.